The maximum Gasteiger partial charge on any atom is 0.262 e. The molecule has 0 fully saturated rings. The lowest BCUT2D eigenvalue weighted by Crippen LogP contribution is -2.13. The predicted octanol–water partition coefficient (Wildman–Crippen LogP) is 2.03. The third kappa shape index (κ3) is 1.70. The Kier molecular flexibility index (Phi) is 2.80. The number of nitrogens with zero attached hydrogens (tertiary/aromatic N) is 3. The molecule has 2 N–H and O–H groups in total. The summed E-state index contributed by atoms with van der Waals surface area (Å²) in [6.45, 7) is 0. The van der Waals surface area contributed by atoms with Gasteiger partial charge in [-0.15, -0.1) is 0 Å². The van der Waals surface area contributed by atoms with Gasteiger partial charge >= 0.3 is 0 Å². The summed E-state index contributed by atoms with van der Waals surface area (Å²) in [5.74, 6) is -0.308. The summed E-state index contributed by atoms with van der Waals surface area (Å²) < 4.78 is 1.81. The van der Waals surface area contributed by atoms with Crippen molar-refractivity contribution in [2.45, 2.75) is 0 Å². The lowest BCUT2D eigenvalue weighted by Gasteiger charge is -2.07. The molecular formula is C13H7BrN4O2. The highest BCUT2D eigenvalue weighted by molar-refractivity contribution is 9.10. The van der Waals surface area contributed by atoms with E-state index in [1.54, 1.807) is 24.3 Å². The number of nitriles is 1. The molecule has 2 heterocycles. The van der Waals surface area contributed by atoms with Crippen molar-refractivity contribution in [1.82, 2.24) is 14.6 Å². The summed E-state index contributed by atoms with van der Waals surface area (Å²) in [6.07, 6.45) is 1.29. The van der Waals surface area contributed by atoms with Crippen molar-refractivity contribution in [2.24, 2.45) is 0 Å². The molecule has 0 saturated heterocycles. The number of H-pyrrole nitrogens is 1. The summed E-state index contributed by atoms with van der Waals surface area (Å²) in [7, 11) is 0. The van der Waals surface area contributed by atoms with Gasteiger partial charge in [-0.25, -0.2) is 0 Å². The van der Waals surface area contributed by atoms with E-state index < -0.39 is 5.56 Å². The number of halogens is 1. The molecule has 3 rings (SSSR count). The zero-order chi connectivity index (χ0) is 14.3. The summed E-state index contributed by atoms with van der Waals surface area (Å²) in [4.78, 5) is 14.8. The number of aromatic nitrogens is 3. The van der Waals surface area contributed by atoms with Gasteiger partial charge in [0, 0.05) is 10.0 Å². The Morgan fingerprint density at radius 2 is 2.15 bits per heavy atom. The van der Waals surface area contributed by atoms with E-state index in [2.05, 4.69) is 26.0 Å². The Bertz CT molecular complexity index is 920. The van der Waals surface area contributed by atoms with E-state index in [4.69, 9.17) is 5.26 Å². The van der Waals surface area contributed by atoms with Gasteiger partial charge in [0.1, 0.15) is 17.2 Å². The van der Waals surface area contributed by atoms with Crippen LogP contribution in [0.25, 0.3) is 16.8 Å². The SMILES string of the molecule is N#Cc1cnn2c(O)c(-c3ccccc3Br)c(=O)[nH]c12. The second-order valence-electron chi connectivity index (χ2n) is 4.06. The van der Waals surface area contributed by atoms with E-state index >= 15 is 0 Å². The van der Waals surface area contributed by atoms with Crippen molar-refractivity contribution in [1.29, 1.82) is 5.26 Å². The molecule has 0 saturated carbocycles. The number of aromatic hydroxyl groups is 1. The molecule has 20 heavy (non-hydrogen) atoms. The number of hydrogen-bond donors (Lipinski definition) is 2. The molecule has 0 aliphatic carbocycles. The van der Waals surface area contributed by atoms with Gasteiger partial charge in [-0.1, -0.05) is 34.1 Å². The molecule has 0 amide bonds. The standard InChI is InChI=1S/C13H7BrN4O2/c14-9-4-2-1-3-8(9)10-12(19)17-11-7(5-15)6-16-18(11)13(10)20/h1-4,6,20H,(H,17,19). The third-order valence-electron chi connectivity index (χ3n) is 2.92. The van der Waals surface area contributed by atoms with Gasteiger partial charge in [0.15, 0.2) is 5.65 Å². The second kappa shape index (κ2) is 4.51. The number of benzene rings is 1. The first-order chi connectivity index (χ1) is 9.63. The minimum Gasteiger partial charge on any atom is -0.493 e. The van der Waals surface area contributed by atoms with Gasteiger partial charge in [-0.2, -0.15) is 14.9 Å². The van der Waals surface area contributed by atoms with Crippen molar-refractivity contribution in [2.75, 3.05) is 0 Å². The third-order valence-corrected chi connectivity index (χ3v) is 3.61. The Labute approximate surface area is 121 Å². The van der Waals surface area contributed by atoms with Crippen molar-refractivity contribution >= 4 is 21.6 Å². The molecule has 3 aromatic rings. The normalized spacial score (nSPS) is 10.6. The molecule has 0 aliphatic heterocycles. The Hall–Kier alpha value is -2.59. The minimum atomic E-state index is -0.487. The molecule has 0 aliphatic rings. The highest BCUT2D eigenvalue weighted by atomic mass is 79.9. The lowest BCUT2D eigenvalue weighted by atomic mass is 10.1. The molecule has 7 heteroatoms. The zero-order valence-electron chi connectivity index (χ0n) is 9.96. The fourth-order valence-corrected chi connectivity index (χ4v) is 2.48. The molecule has 0 radical (unpaired) electrons. The van der Waals surface area contributed by atoms with Gasteiger partial charge in [-0.3, -0.25) is 4.79 Å². The smallest absolute Gasteiger partial charge is 0.262 e. The number of rotatable bonds is 1. The second-order valence-corrected chi connectivity index (χ2v) is 4.92. The minimum absolute atomic E-state index is 0.0950. The number of aromatic amines is 1. The Balaban J connectivity index is 2.42. The number of hydrogen-bond acceptors (Lipinski definition) is 4. The fourth-order valence-electron chi connectivity index (χ4n) is 2.00. The summed E-state index contributed by atoms with van der Waals surface area (Å²) in [5, 5.41) is 23.1. The van der Waals surface area contributed by atoms with Crippen LogP contribution in [0.5, 0.6) is 5.88 Å². The fraction of sp³-hybridized carbons (Fsp3) is 0. The van der Waals surface area contributed by atoms with Crippen LogP contribution < -0.4 is 5.56 Å². The van der Waals surface area contributed by atoms with E-state index in [0.29, 0.717) is 10.0 Å². The number of nitrogens with one attached hydrogen (secondary N) is 1. The van der Waals surface area contributed by atoms with Crippen molar-refractivity contribution in [3.05, 3.63) is 50.9 Å². The van der Waals surface area contributed by atoms with Gasteiger partial charge in [-0.05, 0) is 6.07 Å². The summed E-state index contributed by atoms with van der Waals surface area (Å²) >= 11 is 3.34. The van der Waals surface area contributed by atoms with E-state index in [9.17, 15) is 9.90 Å². The van der Waals surface area contributed by atoms with Crippen LogP contribution in [-0.2, 0) is 0 Å². The first kappa shape index (κ1) is 12.4. The van der Waals surface area contributed by atoms with Crippen molar-refractivity contribution in [3.8, 4) is 23.1 Å². The lowest BCUT2D eigenvalue weighted by molar-refractivity contribution is 0.437. The molecular weight excluding hydrogens is 324 g/mol. The quantitative estimate of drug-likeness (QED) is 0.713. The maximum absolute atomic E-state index is 12.2. The largest absolute Gasteiger partial charge is 0.493 e. The van der Waals surface area contributed by atoms with Crippen molar-refractivity contribution < 1.29 is 5.11 Å². The average Bonchev–Trinajstić information content (AvgIpc) is 2.84. The van der Waals surface area contributed by atoms with Gasteiger partial charge in [0.05, 0.1) is 6.20 Å². The van der Waals surface area contributed by atoms with E-state index in [0.717, 1.165) is 4.52 Å². The Morgan fingerprint density at radius 3 is 2.85 bits per heavy atom. The first-order valence-electron chi connectivity index (χ1n) is 5.61. The first-order valence-corrected chi connectivity index (χ1v) is 6.40. The van der Waals surface area contributed by atoms with Gasteiger partial charge < -0.3 is 10.1 Å². The van der Waals surface area contributed by atoms with Crippen LogP contribution in [-0.4, -0.2) is 19.7 Å². The molecule has 0 spiro atoms. The summed E-state index contributed by atoms with van der Waals surface area (Å²) in [6, 6.07) is 8.93. The van der Waals surface area contributed by atoms with Gasteiger partial charge in [0.25, 0.3) is 5.56 Å². The molecule has 0 unspecified atom stereocenters. The molecule has 1 aromatic carbocycles. The highest BCUT2D eigenvalue weighted by Gasteiger charge is 2.18. The zero-order valence-corrected chi connectivity index (χ0v) is 11.5. The maximum atomic E-state index is 12.2. The van der Waals surface area contributed by atoms with Crippen LogP contribution in [0.3, 0.4) is 0 Å². The monoisotopic (exact) mass is 330 g/mol. The molecule has 98 valence electrons. The van der Waals surface area contributed by atoms with Crippen LogP contribution in [0.1, 0.15) is 5.56 Å². The van der Waals surface area contributed by atoms with E-state index in [-0.39, 0.29) is 22.7 Å². The molecule has 6 nitrogen and oxygen atoms in total. The molecule has 0 atom stereocenters. The van der Waals surface area contributed by atoms with Crippen LogP contribution >= 0.6 is 15.9 Å². The van der Waals surface area contributed by atoms with E-state index in [1.807, 2.05) is 6.07 Å². The average molecular weight is 331 g/mol. The summed E-state index contributed by atoms with van der Waals surface area (Å²) in [5.41, 5.74) is 0.514. The predicted molar refractivity (Wildman–Crippen MR) is 75.3 cm³/mol. The van der Waals surface area contributed by atoms with Crippen LogP contribution in [0.2, 0.25) is 0 Å². The molecule has 2 aromatic heterocycles. The van der Waals surface area contributed by atoms with Gasteiger partial charge in [0.2, 0.25) is 5.88 Å². The van der Waals surface area contributed by atoms with Crippen molar-refractivity contribution in [3.63, 3.8) is 0 Å². The Morgan fingerprint density at radius 1 is 1.40 bits per heavy atom. The topological polar surface area (TPSA) is 94.2 Å². The van der Waals surface area contributed by atoms with Crippen LogP contribution in [0.4, 0.5) is 0 Å². The van der Waals surface area contributed by atoms with E-state index in [1.165, 1.54) is 6.20 Å². The van der Waals surface area contributed by atoms with Crippen LogP contribution in [0, 0.1) is 11.3 Å². The number of fused-ring (bicyclic) bond motifs is 1. The molecule has 0 bridgehead atoms. The van der Waals surface area contributed by atoms with Crippen LogP contribution in [0.15, 0.2) is 39.7 Å². The highest BCUT2D eigenvalue weighted by Crippen LogP contribution is 2.31.